The number of thiazole rings is 1. The summed E-state index contributed by atoms with van der Waals surface area (Å²) in [6, 6.07) is 12.2. The number of rotatable bonds is 5. The summed E-state index contributed by atoms with van der Waals surface area (Å²) >= 11 is 1.25. The van der Waals surface area contributed by atoms with Gasteiger partial charge in [-0.1, -0.05) is 17.4 Å². The molecule has 4 rings (SSSR count). The predicted octanol–water partition coefficient (Wildman–Crippen LogP) is 4.36. The van der Waals surface area contributed by atoms with Crippen LogP contribution in [-0.2, 0) is 9.84 Å². The molecule has 4 aromatic rings. The number of aryl methyl sites for hydroxylation is 1. The number of amides is 1. The number of carbonyl (C=O) groups excluding carboxylic acids is 1. The van der Waals surface area contributed by atoms with E-state index in [9.17, 15) is 17.6 Å². The summed E-state index contributed by atoms with van der Waals surface area (Å²) in [5, 5.41) is 7.00. The summed E-state index contributed by atoms with van der Waals surface area (Å²) < 4.78 is 40.7. The van der Waals surface area contributed by atoms with E-state index in [4.69, 9.17) is 0 Å². The van der Waals surface area contributed by atoms with Crippen molar-refractivity contribution in [3.63, 3.8) is 0 Å². The largest absolute Gasteiger partial charge is 0.306 e. The third-order valence-electron chi connectivity index (χ3n) is 4.68. The van der Waals surface area contributed by atoms with Gasteiger partial charge in [0.15, 0.2) is 9.84 Å². The van der Waals surface area contributed by atoms with Gasteiger partial charge in [-0.05, 0) is 57.2 Å². The number of fused-ring (bicyclic) bond motifs is 1. The second-order valence-corrected chi connectivity index (χ2v) is 10.8. The van der Waals surface area contributed by atoms with Gasteiger partial charge in [-0.15, -0.1) is 0 Å². The number of nitrogens with one attached hydrogen (secondary N) is 1. The summed E-state index contributed by atoms with van der Waals surface area (Å²) in [7, 11) is -3.42. The standard InChI is InChI=1S/C21H19FN4O3S2/c1-12(2)31(28,29)15-9-7-14(8-10-15)20(27)23-18-11-13(3)25-26(18)21-24-19-16(22)5-4-6-17(19)30-21/h4-12H,1-3H3,(H,23,27). The van der Waals surface area contributed by atoms with Crippen molar-refractivity contribution in [1.82, 2.24) is 14.8 Å². The van der Waals surface area contributed by atoms with Gasteiger partial charge in [-0.25, -0.2) is 17.8 Å². The van der Waals surface area contributed by atoms with Crippen molar-refractivity contribution >= 4 is 43.1 Å². The Hall–Kier alpha value is -3.11. The molecule has 0 aliphatic rings. The van der Waals surface area contributed by atoms with E-state index in [1.54, 1.807) is 39.0 Å². The second-order valence-electron chi connectivity index (χ2n) is 7.24. The molecule has 10 heteroatoms. The third-order valence-corrected chi connectivity index (χ3v) is 7.84. The molecule has 0 aliphatic carbocycles. The van der Waals surface area contributed by atoms with Crippen molar-refractivity contribution in [2.45, 2.75) is 30.9 Å². The van der Waals surface area contributed by atoms with E-state index >= 15 is 0 Å². The van der Waals surface area contributed by atoms with Crippen LogP contribution in [0.2, 0.25) is 0 Å². The monoisotopic (exact) mass is 458 g/mol. The molecule has 7 nitrogen and oxygen atoms in total. The Balaban J connectivity index is 1.63. The minimum Gasteiger partial charge on any atom is -0.306 e. The minimum atomic E-state index is -3.42. The lowest BCUT2D eigenvalue weighted by atomic mass is 10.2. The predicted molar refractivity (Wildman–Crippen MR) is 118 cm³/mol. The molecule has 0 bridgehead atoms. The van der Waals surface area contributed by atoms with Crippen molar-refractivity contribution in [2.24, 2.45) is 0 Å². The van der Waals surface area contributed by atoms with Crippen LogP contribution in [0.3, 0.4) is 0 Å². The Morgan fingerprint density at radius 1 is 1.16 bits per heavy atom. The molecule has 2 aromatic heterocycles. The maximum absolute atomic E-state index is 14.0. The summed E-state index contributed by atoms with van der Waals surface area (Å²) in [5.74, 6) is -0.478. The fraction of sp³-hybridized carbons (Fsp3) is 0.190. The Morgan fingerprint density at radius 3 is 2.52 bits per heavy atom. The van der Waals surface area contributed by atoms with E-state index in [-0.39, 0.29) is 10.4 Å². The molecule has 0 fully saturated rings. The molecule has 0 saturated heterocycles. The molecule has 0 saturated carbocycles. The highest BCUT2D eigenvalue weighted by atomic mass is 32.2. The van der Waals surface area contributed by atoms with Crippen LogP contribution in [0.15, 0.2) is 53.4 Å². The first kappa shape index (κ1) is 21.1. The Labute approximate surface area is 182 Å². The number of nitrogens with zero attached hydrogens (tertiary/aromatic N) is 3. The highest BCUT2D eigenvalue weighted by Gasteiger charge is 2.20. The maximum atomic E-state index is 14.0. The van der Waals surface area contributed by atoms with Gasteiger partial charge >= 0.3 is 0 Å². The molecule has 1 N–H and O–H groups in total. The molecule has 2 heterocycles. The topological polar surface area (TPSA) is 94.0 Å². The maximum Gasteiger partial charge on any atom is 0.256 e. The van der Waals surface area contributed by atoms with Gasteiger partial charge in [0.05, 0.1) is 20.5 Å². The number of hydrogen-bond donors (Lipinski definition) is 1. The SMILES string of the molecule is Cc1cc(NC(=O)c2ccc(S(=O)(=O)C(C)C)cc2)n(-c2nc3c(F)cccc3s2)n1. The minimum absolute atomic E-state index is 0.163. The molecular weight excluding hydrogens is 439 g/mol. The fourth-order valence-electron chi connectivity index (χ4n) is 2.98. The molecule has 0 spiro atoms. The lowest BCUT2D eigenvalue weighted by molar-refractivity contribution is 0.102. The van der Waals surface area contributed by atoms with Crippen LogP contribution in [0.5, 0.6) is 0 Å². The van der Waals surface area contributed by atoms with Crippen LogP contribution < -0.4 is 5.32 Å². The van der Waals surface area contributed by atoms with E-state index in [2.05, 4.69) is 15.4 Å². The molecule has 1 amide bonds. The zero-order chi connectivity index (χ0) is 22.3. The van der Waals surface area contributed by atoms with Gasteiger partial charge in [0.25, 0.3) is 5.91 Å². The highest BCUT2D eigenvalue weighted by Crippen LogP contribution is 2.29. The van der Waals surface area contributed by atoms with Gasteiger partial charge in [0.1, 0.15) is 17.2 Å². The molecular formula is C21H19FN4O3S2. The molecule has 0 radical (unpaired) electrons. The first-order valence-electron chi connectivity index (χ1n) is 9.44. The summed E-state index contributed by atoms with van der Waals surface area (Å²) in [6.07, 6.45) is 0. The van der Waals surface area contributed by atoms with E-state index in [1.807, 2.05) is 0 Å². The number of benzene rings is 2. The Bertz CT molecular complexity index is 1390. The number of hydrogen-bond acceptors (Lipinski definition) is 6. The molecule has 31 heavy (non-hydrogen) atoms. The number of anilines is 1. The van der Waals surface area contributed by atoms with Gasteiger partial charge in [0, 0.05) is 11.6 Å². The first-order chi connectivity index (χ1) is 14.7. The fourth-order valence-corrected chi connectivity index (χ4v) is 4.99. The first-order valence-corrected chi connectivity index (χ1v) is 11.8. The molecule has 2 aromatic carbocycles. The molecule has 160 valence electrons. The van der Waals surface area contributed by atoms with Crippen molar-refractivity contribution < 1.29 is 17.6 Å². The zero-order valence-electron chi connectivity index (χ0n) is 17.0. The number of carbonyl (C=O) groups is 1. The summed E-state index contributed by atoms with van der Waals surface area (Å²) in [4.78, 5) is 17.2. The van der Waals surface area contributed by atoms with E-state index in [1.165, 1.54) is 46.4 Å². The molecule has 0 atom stereocenters. The van der Waals surface area contributed by atoms with Crippen LogP contribution in [0, 0.1) is 12.7 Å². The number of sulfone groups is 1. The van der Waals surface area contributed by atoms with Crippen LogP contribution in [0.4, 0.5) is 10.2 Å². The van der Waals surface area contributed by atoms with Gasteiger partial charge in [-0.3, -0.25) is 4.79 Å². The van der Waals surface area contributed by atoms with Crippen molar-refractivity contribution in [3.8, 4) is 5.13 Å². The van der Waals surface area contributed by atoms with E-state index in [0.717, 1.165) is 0 Å². The van der Waals surface area contributed by atoms with E-state index < -0.39 is 26.8 Å². The third kappa shape index (κ3) is 3.96. The molecule has 0 unspecified atom stereocenters. The lowest BCUT2D eigenvalue weighted by Crippen LogP contribution is -2.16. The smallest absolute Gasteiger partial charge is 0.256 e. The summed E-state index contributed by atoms with van der Waals surface area (Å²) in [5.41, 5.74) is 1.19. The Kier molecular flexibility index (Phi) is 5.36. The van der Waals surface area contributed by atoms with Crippen LogP contribution in [-0.4, -0.2) is 34.3 Å². The van der Waals surface area contributed by atoms with Crippen LogP contribution in [0.1, 0.15) is 29.9 Å². The van der Waals surface area contributed by atoms with E-state index in [0.29, 0.717) is 26.9 Å². The second kappa shape index (κ2) is 7.86. The van der Waals surface area contributed by atoms with Gasteiger partial charge in [-0.2, -0.15) is 9.78 Å². The summed E-state index contributed by atoms with van der Waals surface area (Å²) in [6.45, 7) is 4.98. The number of aromatic nitrogens is 3. The van der Waals surface area contributed by atoms with Crippen LogP contribution >= 0.6 is 11.3 Å². The number of para-hydroxylation sites is 1. The van der Waals surface area contributed by atoms with Crippen LogP contribution in [0.25, 0.3) is 15.3 Å². The van der Waals surface area contributed by atoms with Crippen molar-refractivity contribution in [1.29, 1.82) is 0 Å². The number of halogens is 1. The van der Waals surface area contributed by atoms with Crippen molar-refractivity contribution in [2.75, 3.05) is 5.32 Å². The average Bonchev–Trinajstić information content (AvgIpc) is 3.32. The highest BCUT2D eigenvalue weighted by molar-refractivity contribution is 7.92. The normalized spacial score (nSPS) is 11.9. The van der Waals surface area contributed by atoms with Gasteiger partial charge in [0.2, 0.25) is 5.13 Å². The lowest BCUT2D eigenvalue weighted by Gasteiger charge is -2.09. The van der Waals surface area contributed by atoms with Crippen molar-refractivity contribution in [3.05, 3.63) is 65.6 Å². The quantitative estimate of drug-likeness (QED) is 0.479. The van der Waals surface area contributed by atoms with Gasteiger partial charge < -0.3 is 5.32 Å². The Morgan fingerprint density at radius 2 is 1.87 bits per heavy atom. The molecule has 0 aliphatic heterocycles. The zero-order valence-corrected chi connectivity index (χ0v) is 18.6. The average molecular weight is 459 g/mol.